The summed E-state index contributed by atoms with van der Waals surface area (Å²) in [5, 5.41) is 8.81. The van der Waals surface area contributed by atoms with Crippen LogP contribution < -0.4 is 0 Å². The maximum Gasteiger partial charge on any atom is 0.410 e. The SMILES string of the molecule is CC(C)(C)OC(=O)N1CC(C#CC#Cc2ccc(C(=O)O)cc2)C1. The molecular weight excluding hydrogens is 306 g/mol. The first-order valence-corrected chi connectivity index (χ1v) is 7.57. The van der Waals surface area contributed by atoms with Gasteiger partial charge in [-0.25, -0.2) is 9.59 Å². The first-order valence-electron chi connectivity index (χ1n) is 7.57. The summed E-state index contributed by atoms with van der Waals surface area (Å²) in [6.45, 7) is 6.61. The van der Waals surface area contributed by atoms with Crippen LogP contribution in [0.25, 0.3) is 0 Å². The van der Waals surface area contributed by atoms with Gasteiger partial charge in [0.25, 0.3) is 0 Å². The quantitative estimate of drug-likeness (QED) is 0.806. The molecule has 0 spiro atoms. The molecule has 1 aromatic carbocycles. The summed E-state index contributed by atoms with van der Waals surface area (Å²) in [6, 6.07) is 6.30. The van der Waals surface area contributed by atoms with Crippen molar-refractivity contribution in [1.29, 1.82) is 0 Å². The Morgan fingerprint density at radius 2 is 1.79 bits per heavy atom. The second-order valence-corrected chi connectivity index (χ2v) is 6.48. The number of carbonyl (C=O) groups excluding carboxylic acids is 1. The number of carboxylic acids is 1. The maximum absolute atomic E-state index is 11.8. The molecule has 1 aliphatic rings. The van der Waals surface area contributed by atoms with Crippen LogP contribution in [0, 0.1) is 29.6 Å². The number of carboxylic acid groups (broad SMARTS) is 1. The zero-order valence-corrected chi connectivity index (χ0v) is 13.9. The van der Waals surface area contributed by atoms with Crippen LogP contribution in [0.5, 0.6) is 0 Å². The molecule has 0 radical (unpaired) electrons. The summed E-state index contributed by atoms with van der Waals surface area (Å²) in [6.07, 6.45) is -0.315. The van der Waals surface area contributed by atoms with Crippen LogP contribution in [0.4, 0.5) is 4.79 Å². The van der Waals surface area contributed by atoms with E-state index in [-0.39, 0.29) is 17.6 Å². The highest BCUT2D eigenvalue weighted by Gasteiger charge is 2.32. The predicted molar refractivity (Wildman–Crippen MR) is 89.4 cm³/mol. The summed E-state index contributed by atoms with van der Waals surface area (Å²) in [7, 11) is 0. The Morgan fingerprint density at radius 1 is 1.17 bits per heavy atom. The molecule has 1 amide bonds. The molecule has 1 aliphatic heterocycles. The van der Waals surface area contributed by atoms with Crippen molar-refractivity contribution in [3.05, 3.63) is 35.4 Å². The number of likely N-dealkylation sites (tertiary alicyclic amines) is 1. The summed E-state index contributed by atoms with van der Waals surface area (Å²) in [5.41, 5.74) is 0.441. The molecule has 1 fully saturated rings. The van der Waals surface area contributed by atoms with Crippen molar-refractivity contribution in [3.63, 3.8) is 0 Å². The Balaban J connectivity index is 1.82. The molecule has 2 rings (SSSR count). The highest BCUT2D eigenvalue weighted by atomic mass is 16.6. The van der Waals surface area contributed by atoms with Crippen LogP contribution >= 0.6 is 0 Å². The summed E-state index contributed by atoms with van der Waals surface area (Å²) < 4.78 is 5.27. The Bertz CT molecular complexity index is 745. The minimum Gasteiger partial charge on any atom is -0.478 e. The fourth-order valence-electron chi connectivity index (χ4n) is 1.98. The van der Waals surface area contributed by atoms with Gasteiger partial charge in [-0.2, -0.15) is 0 Å². The van der Waals surface area contributed by atoms with Gasteiger partial charge < -0.3 is 14.7 Å². The molecular formula is C19H19NO4. The average Bonchev–Trinajstić information content (AvgIpc) is 2.43. The first kappa shape index (κ1) is 17.4. The maximum atomic E-state index is 11.8. The van der Waals surface area contributed by atoms with Crippen molar-refractivity contribution in [2.45, 2.75) is 26.4 Å². The van der Waals surface area contributed by atoms with Gasteiger partial charge in [-0.3, -0.25) is 0 Å². The highest BCUT2D eigenvalue weighted by molar-refractivity contribution is 5.87. The normalized spacial score (nSPS) is 13.7. The highest BCUT2D eigenvalue weighted by Crippen LogP contribution is 2.18. The van der Waals surface area contributed by atoms with E-state index >= 15 is 0 Å². The number of benzene rings is 1. The number of aromatic carboxylic acids is 1. The molecule has 24 heavy (non-hydrogen) atoms. The minimum absolute atomic E-state index is 0.112. The van der Waals surface area contributed by atoms with Gasteiger partial charge in [-0.05, 0) is 56.9 Å². The van der Waals surface area contributed by atoms with Gasteiger partial charge >= 0.3 is 12.1 Å². The number of amides is 1. The molecule has 1 heterocycles. The Morgan fingerprint density at radius 3 is 2.33 bits per heavy atom. The van der Waals surface area contributed by atoms with Crippen LogP contribution in [0.3, 0.4) is 0 Å². The molecule has 0 bridgehead atoms. The molecule has 1 aromatic rings. The van der Waals surface area contributed by atoms with E-state index < -0.39 is 11.6 Å². The molecule has 1 N–H and O–H groups in total. The molecule has 0 saturated carbocycles. The van der Waals surface area contributed by atoms with Gasteiger partial charge in [0.05, 0.1) is 11.5 Å². The lowest BCUT2D eigenvalue weighted by atomic mass is 10.0. The number of carbonyl (C=O) groups is 2. The topological polar surface area (TPSA) is 66.8 Å². The van der Waals surface area contributed by atoms with E-state index in [1.807, 2.05) is 20.8 Å². The first-order chi connectivity index (χ1) is 11.2. The summed E-state index contributed by atoms with van der Waals surface area (Å²) >= 11 is 0. The zero-order chi connectivity index (χ0) is 17.7. The van der Waals surface area contributed by atoms with Gasteiger partial charge in [0.15, 0.2) is 0 Å². The second-order valence-electron chi connectivity index (χ2n) is 6.48. The van der Waals surface area contributed by atoms with Crippen molar-refractivity contribution in [1.82, 2.24) is 4.90 Å². The third-order valence-electron chi connectivity index (χ3n) is 3.21. The molecule has 0 aromatic heterocycles. The van der Waals surface area contributed by atoms with Crippen LogP contribution in [0.15, 0.2) is 24.3 Å². The van der Waals surface area contributed by atoms with Gasteiger partial charge in [0.2, 0.25) is 0 Å². The number of rotatable bonds is 1. The number of nitrogens with zero attached hydrogens (tertiary/aromatic N) is 1. The standard InChI is InChI=1S/C19H19NO4/c1-19(2,3)24-18(23)20-12-15(13-20)7-5-4-6-14-8-10-16(11-9-14)17(21)22/h8-11,15H,12-13H2,1-3H3,(H,21,22). The van der Waals surface area contributed by atoms with Crippen molar-refractivity contribution in [2.75, 3.05) is 13.1 Å². The van der Waals surface area contributed by atoms with Gasteiger partial charge in [-0.1, -0.05) is 11.8 Å². The average molecular weight is 325 g/mol. The van der Waals surface area contributed by atoms with Gasteiger partial charge in [-0.15, -0.1) is 0 Å². The molecule has 5 nitrogen and oxygen atoms in total. The number of hydrogen-bond donors (Lipinski definition) is 1. The summed E-state index contributed by atoms with van der Waals surface area (Å²) in [4.78, 5) is 24.1. The zero-order valence-electron chi connectivity index (χ0n) is 13.9. The number of hydrogen-bond acceptors (Lipinski definition) is 3. The van der Waals surface area contributed by atoms with Crippen molar-refractivity contribution >= 4 is 12.1 Å². The Kier molecular flexibility index (Phi) is 5.16. The molecule has 5 heteroatoms. The van der Waals surface area contributed by atoms with E-state index in [1.165, 1.54) is 12.1 Å². The Hall–Kier alpha value is -2.92. The van der Waals surface area contributed by atoms with E-state index in [2.05, 4.69) is 23.7 Å². The minimum atomic E-state index is -0.964. The Labute approximate surface area is 141 Å². The number of ether oxygens (including phenoxy) is 1. The van der Waals surface area contributed by atoms with E-state index in [1.54, 1.807) is 17.0 Å². The molecule has 0 aliphatic carbocycles. The van der Waals surface area contributed by atoms with E-state index in [9.17, 15) is 9.59 Å². The van der Waals surface area contributed by atoms with E-state index in [0.29, 0.717) is 18.7 Å². The molecule has 0 atom stereocenters. The van der Waals surface area contributed by atoms with Crippen LogP contribution in [-0.4, -0.2) is 40.8 Å². The van der Waals surface area contributed by atoms with Gasteiger partial charge in [0.1, 0.15) is 5.60 Å². The smallest absolute Gasteiger partial charge is 0.410 e. The van der Waals surface area contributed by atoms with Crippen molar-refractivity contribution < 1.29 is 19.4 Å². The monoisotopic (exact) mass is 325 g/mol. The van der Waals surface area contributed by atoms with Crippen LogP contribution in [0.1, 0.15) is 36.7 Å². The third-order valence-corrected chi connectivity index (χ3v) is 3.21. The van der Waals surface area contributed by atoms with Crippen LogP contribution in [0.2, 0.25) is 0 Å². The molecule has 0 unspecified atom stereocenters. The lowest BCUT2D eigenvalue weighted by Crippen LogP contribution is -2.51. The van der Waals surface area contributed by atoms with E-state index in [0.717, 1.165) is 0 Å². The van der Waals surface area contributed by atoms with E-state index in [4.69, 9.17) is 9.84 Å². The molecule has 124 valence electrons. The molecule has 1 saturated heterocycles. The lowest BCUT2D eigenvalue weighted by Gasteiger charge is -2.37. The van der Waals surface area contributed by atoms with Gasteiger partial charge in [0, 0.05) is 18.7 Å². The second kappa shape index (κ2) is 7.10. The largest absolute Gasteiger partial charge is 0.478 e. The van der Waals surface area contributed by atoms with Crippen molar-refractivity contribution in [2.24, 2.45) is 5.92 Å². The lowest BCUT2D eigenvalue weighted by molar-refractivity contribution is 0.00591. The third kappa shape index (κ3) is 5.07. The fourth-order valence-corrected chi connectivity index (χ4v) is 1.98. The van der Waals surface area contributed by atoms with Crippen LogP contribution in [-0.2, 0) is 4.74 Å². The summed E-state index contributed by atoms with van der Waals surface area (Å²) in [5.74, 6) is 10.5. The fraction of sp³-hybridized carbons (Fsp3) is 0.368. The predicted octanol–water partition coefficient (Wildman–Crippen LogP) is 2.61. The van der Waals surface area contributed by atoms with Crippen molar-refractivity contribution in [3.8, 4) is 23.7 Å².